The Kier molecular flexibility index (Phi) is 4.17. The van der Waals surface area contributed by atoms with Crippen molar-refractivity contribution in [2.24, 2.45) is 0 Å². The molecule has 2 aromatic rings. The molecule has 2 nitrogen and oxygen atoms in total. The molecule has 1 aliphatic rings. The Hall–Kier alpha value is -1.52. The first-order valence-electron chi connectivity index (χ1n) is 7.15. The van der Waals surface area contributed by atoms with Crippen LogP contribution >= 0.6 is 11.8 Å². The van der Waals surface area contributed by atoms with Crippen molar-refractivity contribution in [3.63, 3.8) is 0 Å². The zero-order chi connectivity index (χ0) is 14.8. The number of hydrogen-bond donors (Lipinski definition) is 1. The first kappa shape index (κ1) is 14.4. The van der Waals surface area contributed by atoms with Gasteiger partial charge in [0.15, 0.2) is 0 Å². The van der Waals surface area contributed by atoms with Gasteiger partial charge in [0.25, 0.3) is 0 Å². The number of rotatable bonds is 2. The molecule has 0 saturated carbocycles. The van der Waals surface area contributed by atoms with Gasteiger partial charge in [-0.1, -0.05) is 11.8 Å². The number of benzene rings is 2. The molecule has 2 aromatic carbocycles. The minimum absolute atomic E-state index is 0.197. The second-order valence-electron chi connectivity index (χ2n) is 5.47. The van der Waals surface area contributed by atoms with E-state index in [0.717, 1.165) is 36.5 Å². The molecule has 4 heteroatoms. The number of hydrogen-bond acceptors (Lipinski definition) is 3. The van der Waals surface area contributed by atoms with Gasteiger partial charge in [0, 0.05) is 28.6 Å². The summed E-state index contributed by atoms with van der Waals surface area (Å²) in [4.78, 5) is 4.63. The molecule has 0 amide bonds. The predicted octanol–water partition coefficient (Wildman–Crippen LogP) is 3.59. The molecule has 1 heterocycles. The molecule has 1 aliphatic heterocycles. The normalized spacial score (nSPS) is 15.5. The maximum atomic E-state index is 13.0. The van der Waals surface area contributed by atoms with Crippen molar-refractivity contribution in [3.05, 3.63) is 53.3 Å². The van der Waals surface area contributed by atoms with Gasteiger partial charge in [0.1, 0.15) is 5.82 Å². The summed E-state index contributed by atoms with van der Waals surface area (Å²) >= 11 is 1.69. The van der Waals surface area contributed by atoms with E-state index in [-0.39, 0.29) is 5.82 Å². The summed E-state index contributed by atoms with van der Waals surface area (Å²) < 4.78 is 13.0. The number of halogens is 1. The lowest BCUT2D eigenvalue weighted by molar-refractivity contribution is 0.352. The highest BCUT2D eigenvalue weighted by Crippen LogP contribution is 2.35. The van der Waals surface area contributed by atoms with Gasteiger partial charge in [-0.2, -0.15) is 0 Å². The third-order valence-electron chi connectivity index (χ3n) is 3.95. The van der Waals surface area contributed by atoms with Crippen molar-refractivity contribution >= 4 is 17.4 Å². The largest absolute Gasteiger partial charge is 0.398 e. The van der Waals surface area contributed by atoms with Crippen LogP contribution in [0, 0.1) is 5.82 Å². The number of fused-ring (bicyclic) bond motifs is 1. The molecule has 0 atom stereocenters. The van der Waals surface area contributed by atoms with Gasteiger partial charge in [-0.05, 0) is 67.4 Å². The van der Waals surface area contributed by atoms with Gasteiger partial charge < -0.3 is 10.6 Å². The molecule has 0 aromatic heterocycles. The summed E-state index contributed by atoms with van der Waals surface area (Å²) in [5.41, 5.74) is 9.69. The summed E-state index contributed by atoms with van der Waals surface area (Å²) in [6.45, 7) is 2.09. The second-order valence-corrected chi connectivity index (χ2v) is 6.58. The van der Waals surface area contributed by atoms with Crippen LogP contribution in [0.3, 0.4) is 0 Å². The quantitative estimate of drug-likeness (QED) is 0.860. The summed E-state index contributed by atoms with van der Waals surface area (Å²) in [6, 6.07) is 10.7. The number of anilines is 1. The van der Waals surface area contributed by atoms with Crippen molar-refractivity contribution < 1.29 is 4.39 Å². The minimum Gasteiger partial charge on any atom is -0.398 e. The molecular formula is C17H19FN2S. The second kappa shape index (κ2) is 6.08. The maximum Gasteiger partial charge on any atom is 0.123 e. The van der Waals surface area contributed by atoms with E-state index in [1.807, 2.05) is 18.2 Å². The smallest absolute Gasteiger partial charge is 0.123 e. The molecule has 0 radical (unpaired) electrons. The number of nitrogen functional groups attached to an aromatic ring is 1. The number of nitrogens with zero attached hydrogens (tertiary/aromatic N) is 1. The molecule has 0 saturated heterocycles. The lowest BCUT2D eigenvalue weighted by Crippen LogP contribution is -2.20. The molecule has 0 aliphatic carbocycles. The fraction of sp³-hybridized carbons (Fsp3) is 0.294. The van der Waals surface area contributed by atoms with Crippen molar-refractivity contribution in [3.8, 4) is 0 Å². The highest BCUT2D eigenvalue weighted by molar-refractivity contribution is 7.99. The molecule has 3 rings (SSSR count). The van der Waals surface area contributed by atoms with E-state index in [4.69, 9.17) is 5.73 Å². The van der Waals surface area contributed by atoms with Crippen LogP contribution in [0.2, 0.25) is 0 Å². The van der Waals surface area contributed by atoms with E-state index < -0.39 is 0 Å². The highest BCUT2D eigenvalue weighted by Gasteiger charge is 2.17. The van der Waals surface area contributed by atoms with Crippen LogP contribution in [0.15, 0.2) is 46.2 Å². The Balaban J connectivity index is 1.94. The van der Waals surface area contributed by atoms with E-state index in [1.165, 1.54) is 28.2 Å². The molecular weight excluding hydrogens is 283 g/mol. The molecule has 0 spiro atoms. The fourth-order valence-electron chi connectivity index (χ4n) is 2.70. The summed E-state index contributed by atoms with van der Waals surface area (Å²) in [5, 5.41) is 0. The number of likely N-dealkylation sites (N-methyl/N-ethyl adjacent to an activating group) is 1. The van der Waals surface area contributed by atoms with Crippen LogP contribution in [-0.4, -0.2) is 25.0 Å². The Morgan fingerprint density at radius 2 is 1.67 bits per heavy atom. The molecule has 2 N–H and O–H groups in total. The van der Waals surface area contributed by atoms with E-state index >= 15 is 0 Å². The molecule has 0 unspecified atom stereocenters. The van der Waals surface area contributed by atoms with Gasteiger partial charge in [0.2, 0.25) is 0 Å². The van der Waals surface area contributed by atoms with E-state index in [9.17, 15) is 4.39 Å². The third-order valence-corrected chi connectivity index (χ3v) is 5.06. The van der Waals surface area contributed by atoms with Crippen LogP contribution < -0.4 is 5.73 Å². The van der Waals surface area contributed by atoms with E-state index in [2.05, 4.69) is 18.0 Å². The van der Waals surface area contributed by atoms with Gasteiger partial charge in [0.05, 0.1) is 0 Å². The SMILES string of the molecule is CN1CCc2c(N)ccc(Sc3ccc(F)cc3)c2CC1. The minimum atomic E-state index is -0.197. The summed E-state index contributed by atoms with van der Waals surface area (Å²) in [5.74, 6) is -0.197. The molecule has 21 heavy (non-hydrogen) atoms. The van der Waals surface area contributed by atoms with Crippen molar-refractivity contribution in [2.75, 3.05) is 25.9 Å². The Morgan fingerprint density at radius 1 is 1.00 bits per heavy atom. The standard InChI is InChI=1S/C17H19FN2S/c1-20-10-8-14-15(9-11-20)17(7-6-16(14)19)21-13-4-2-12(18)3-5-13/h2-7H,8-11,19H2,1H3. The molecule has 0 fully saturated rings. The first-order chi connectivity index (χ1) is 10.1. The maximum absolute atomic E-state index is 13.0. The zero-order valence-corrected chi connectivity index (χ0v) is 12.9. The predicted molar refractivity (Wildman–Crippen MR) is 86.3 cm³/mol. The van der Waals surface area contributed by atoms with Crippen LogP contribution in [0.1, 0.15) is 11.1 Å². The van der Waals surface area contributed by atoms with Crippen molar-refractivity contribution in [2.45, 2.75) is 22.6 Å². The molecule has 110 valence electrons. The van der Waals surface area contributed by atoms with Crippen LogP contribution in [0.4, 0.5) is 10.1 Å². The Bertz CT molecular complexity index is 640. The average molecular weight is 302 g/mol. The number of nitrogens with two attached hydrogens (primary N) is 1. The average Bonchev–Trinajstić information content (AvgIpc) is 2.67. The topological polar surface area (TPSA) is 29.3 Å². The Labute approximate surface area is 129 Å². The van der Waals surface area contributed by atoms with Gasteiger partial charge in [-0.15, -0.1) is 0 Å². The van der Waals surface area contributed by atoms with Crippen LogP contribution in [0.5, 0.6) is 0 Å². The Morgan fingerprint density at radius 3 is 2.38 bits per heavy atom. The highest BCUT2D eigenvalue weighted by atomic mass is 32.2. The van der Waals surface area contributed by atoms with Gasteiger partial charge in [-0.3, -0.25) is 0 Å². The zero-order valence-electron chi connectivity index (χ0n) is 12.1. The lowest BCUT2D eigenvalue weighted by atomic mass is 10.0. The van der Waals surface area contributed by atoms with Crippen molar-refractivity contribution in [1.29, 1.82) is 0 Å². The fourth-order valence-corrected chi connectivity index (χ4v) is 3.71. The van der Waals surface area contributed by atoms with Crippen molar-refractivity contribution in [1.82, 2.24) is 4.90 Å². The van der Waals surface area contributed by atoms with Crippen LogP contribution in [-0.2, 0) is 12.8 Å². The van der Waals surface area contributed by atoms with E-state index in [1.54, 1.807) is 11.8 Å². The summed E-state index contributed by atoms with van der Waals surface area (Å²) in [6.07, 6.45) is 2.01. The van der Waals surface area contributed by atoms with Gasteiger partial charge >= 0.3 is 0 Å². The van der Waals surface area contributed by atoms with E-state index in [0.29, 0.717) is 0 Å². The van der Waals surface area contributed by atoms with Gasteiger partial charge in [-0.25, -0.2) is 4.39 Å². The molecule has 0 bridgehead atoms. The van der Waals surface area contributed by atoms with Crippen LogP contribution in [0.25, 0.3) is 0 Å². The monoisotopic (exact) mass is 302 g/mol. The third kappa shape index (κ3) is 3.22. The lowest BCUT2D eigenvalue weighted by Gasteiger charge is -2.14. The summed E-state index contributed by atoms with van der Waals surface area (Å²) in [7, 11) is 2.15. The first-order valence-corrected chi connectivity index (χ1v) is 7.97.